The smallest absolute Gasteiger partial charge is 0.0561 e. The van der Waals surface area contributed by atoms with Crippen molar-refractivity contribution in [2.45, 2.75) is 38.3 Å². The molecule has 0 bridgehead atoms. The van der Waals surface area contributed by atoms with Crippen molar-refractivity contribution in [1.29, 1.82) is 0 Å². The number of nitrogens with zero attached hydrogens (tertiary/aromatic N) is 1. The van der Waals surface area contributed by atoms with E-state index in [1.807, 2.05) is 11.3 Å². The molecule has 17 heavy (non-hydrogen) atoms. The molecular formula is C14H24N2S. The van der Waals surface area contributed by atoms with E-state index in [1.54, 1.807) is 0 Å². The summed E-state index contributed by atoms with van der Waals surface area (Å²) in [6.07, 6.45) is 4.11. The summed E-state index contributed by atoms with van der Waals surface area (Å²) >= 11 is 1.86. The fourth-order valence-corrected chi connectivity index (χ4v) is 3.35. The Morgan fingerprint density at radius 2 is 2.24 bits per heavy atom. The summed E-state index contributed by atoms with van der Waals surface area (Å²) in [5.74, 6) is 0.950. The number of hydrogen-bond donors (Lipinski definition) is 1. The Hall–Kier alpha value is -0.380. The predicted octanol–water partition coefficient (Wildman–Crippen LogP) is 3.13. The lowest BCUT2D eigenvalue weighted by atomic mass is 10.1. The fraction of sp³-hybridized carbons (Fsp3) is 0.714. The van der Waals surface area contributed by atoms with Gasteiger partial charge in [0.25, 0.3) is 0 Å². The third-order valence-corrected chi connectivity index (χ3v) is 4.67. The van der Waals surface area contributed by atoms with Crippen LogP contribution < -0.4 is 5.32 Å². The van der Waals surface area contributed by atoms with Crippen LogP contribution in [0.5, 0.6) is 0 Å². The first-order valence-corrected chi connectivity index (χ1v) is 7.53. The molecule has 1 aromatic rings. The van der Waals surface area contributed by atoms with Crippen LogP contribution in [0.3, 0.4) is 0 Å². The molecule has 1 aliphatic rings. The zero-order chi connectivity index (χ0) is 12.3. The largest absolute Gasteiger partial charge is 0.312 e. The van der Waals surface area contributed by atoms with Crippen molar-refractivity contribution in [1.82, 2.24) is 10.2 Å². The van der Waals surface area contributed by atoms with Crippen LogP contribution in [-0.4, -0.2) is 31.6 Å². The Morgan fingerprint density at radius 1 is 1.47 bits per heavy atom. The van der Waals surface area contributed by atoms with Gasteiger partial charge in [0.05, 0.1) is 6.04 Å². The molecule has 2 atom stereocenters. The van der Waals surface area contributed by atoms with Crippen molar-refractivity contribution in [2.75, 3.05) is 20.6 Å². The quantitative estimate of drug-likeness (QED) is 0.802. The molecule has 2 rings (SSSR count). The van der Waals surface area contributed by atoms with E-state index in [2.05, 4.69) is 48.7 Å². The monoisotopic (exact) mass is 252 g/mol. The molecule has 1 aromatic heterocycles. The van der Waals surface area contributed by atoms with Gasteiger partial charge >= 0.3 is 0 Å². The first-order chi connectivity index (χ1) is 8.22. The van der Waals surface area contributed by atoms with Crippen LogP contribution in [0.25, 0.3) is 0 Å². The van der Waals surface area contributed by atoms with Gasteiger partial charge < -0.3 is 10.2 Å². The van der Waals surface area contributed by atoms with E-state index in [0.717, 1.165) is 18.5 Å². The van der Waals surface area contributed by atoms with Crippen molar-refractivity contribution in [3.8, 4) is 0 Å². The molecule has 0 spiro atoms. The Bertz CT molecular complexity index is 317. The van der Waals surface area contributed by atoms with Crippen LogP contribution in [0.4, 0.5) is 0 Å². The summed E-state index contributed by atoms with van der Waals surface area (Å²) in [5, 5.41) is 5.94. The number of nitrogens with one attached hydrogen (secondary N) is 1. The summed E-state index contributed by atoms with van der Waals surface area (Å²) < 4.78 is 0. The van der Waals surface area contributed by atoms with Gasteiger partial charge in [0.1, 0.15) is 0 Å². The molecule has 1 heterocycles. The highest BCUT2D eigenvalue weighted by Crippen LogP contribution is 2.34. The summed E-state index contributed by atoms with van der Waals surface area (Å²) in [6, 6.07) is 5.64. The Morgan fingerprint density at radius 3 is 2.71 bits per heavy atom. The molecule has 0 saturated heterocycles. The normalized spacial score (nSPS) is 19.5. The Labute approximate surface area is 109 Å². The van der Waals surface area contributed by atoms with E-state index >= 15 is 0 Å². The van der Waals surface area contributed by atoms with Gasteiger partial charge in [0, 0.05) is 17.5 Å². The zero-order valence-electron chi connectivity index (χ0n) is 11.1. The lowest BCUT2D eigenvalue weighted by molar-refractivity contribution is 0.276. The van der Waals surface area contributed by atoms with E-state index in [0.29, 0.717) is 6.04 Å². The van der Waals surface area contributed by atoms with Crippen LogP contribution in [0.15, 0.2) is 17.5 Å². The summed E-state index contributed by atoms with van der Waals surface area (Å²) in [6.45, 7) is 3.37. The van der Waals surface area contributed by atoms with E-state index < -0.39 is 0 Å². The topological polar surface area (TPSA) is 15.3 Å². The maximum Gasteiger partial charge on any atom is 0.0561 e. The second-order valence-corrected chi connectivity index (χ2v) is 6.23. The van der Waals surface area contributed by atoms with Gasteiger partial charge in [-0.15, -0.1) is 11.3 Å². The lowest BCUT2D eigenvalue weighted by Crippen LogP contribution is -2.37. The van der Waals surface area contributed by atoms with Crippen LogP contribution in [-0.2, 0) is 0 Å². The van der Waals surface area contributed by atoms with E-state index in [-0.39, 0.29) is 0 Å². The standard InChI is InChI=1S/C14H24N2S/c1-4-12(11-7-8-11)15-10-13(16(2)3)14-6-5-9-17-14/h5-6,9,11-13,15H,4,7-8,10H2,1-3H3. The highest BCUT2D eigenvalue weighted by Gasteiger charge is 2.30. The van der Waals surface area contributed by atoms with Crippen molar-refractivity contribution in [3.05, 3.63) is 22.4 Å². The number of likely N-dealkylation sites (N-methyl/N-ethyl adjacent to an activating group) is 1. The zero-order valence-corrected chi connectivity index (χ0v) is 12.0. The lowest BCUT2D eigenvalue weighted by Gasteiger charge is -2.26. The third-order valence-electron chi connectivity index (χ3n) is 3.70. The molecule has 0 aromatic carbocycles. The molecule has 2 unspecified atom stereocenters. The molecule has 0 radical (unpaired) electrons. The fourth-order valence-electron chi connectivity index (χ4n) is 2.42. The van der Waals surface area contributed by atoms with Crippen LogP contribution in [0, 0.1) is 5.92 Å². The van der Waals surface area contributed by atoms with E-state index in [1.165, 1.54) is 24.1 Å². The summed E-state index contributed by atoms with van der Waals surface area (Å²) in [5.41, 5.74) is 0. The first-order valence-electron chi connectivity index (χ1n) is 6.65. The first kappa shape index (κ1) is 13.1. The number of hydrogen-bond acceptors (Lipinski definition) is 3. The molecule has 96 valence electrons. The second kappa shape index (κ2) is 5.98. The SMILES string of the molecule is CCC(NCC(c1cccs1)N(C)C)C1CC1. The van der Waals surface area contributed by atoms with Gasteiger partial charge in [0.15, 0.2) is 0 Å². The molecule has 0 amide bonds. The Balaban J connectivity index is 1.89. The average molecular weight is 252 g/mol. The predicted molar refractivity (Wildman–Crippen MR) is 75.6 cm³/mol. The summed E-state index contributed by atoms with van der Waals surface area (Å²) in [4.78, 5) is 3.78. The van der Waals surface area contributed by atoms with Crippen LogP contribution >= 0.6 is 11.3 Å². The molecule has 0 aliphatic heterocycles. The highest BCUT2D eigenvalue weighted by molar-refractivity contribution is 7.10. The molecule has 3 heteroatoms. The molecule has 2 nitrogen and oxygen atoms in total. The maximum atomic E-state index is 3.77. The van der Waals surface area contributed by atoms with Gasteiger partial charge in [-0.25, -0.2) is 0 Å². The molecular weight excluding hydrogens is 228 g/mol. The molecule has 1 saturated carbocycles. The van der Waals surface area contributed by atoms with E-state index in [9.17, 15) is 0 Å². The maximum absolute atomic E-state index is 3.77. The van der Waals surface area contributed by atoms with Crippen molar-refractivity contribution in [3.63, 3.8) is 0 Å². The van der Waals surface area contributed by atoms with Gasteiger partial charge in [0.2, 0.25) is 0 Å². The van der Waals surface area contributed by atoms with Gasteiger partial charge in [-0.2, -0.15) is 0 Å². The van der Waals surface area contributed by atoms with Crippen molar-refractivity contribution in [2.24, 2.45) is 5.92 Å². The Kier molecular flexibility index (Phi) is 4.60. The average Bonchev–Trinajstić information content (AvgIpc) is 3.00. The minimum atomic E-state index is 0.516. The molecule has 1 fully saturated rings. The second-order valence-electron chi connectivity index (χ2n) is 5.26. The van der Waals surface area contributed by atoms with Gasteiger partial charge in [-0.05, 0) is 50.7 Å². The highest BCUT2D eigenvalue weighted by atomic mass is 32.1. The van der Waals surface area contributed by atoms with Crippen molar-refractivity contribution >= 4 is 11.3 Å². The van der Waals surface area contributed by atoms with Crippen LogP contribution in [0.2, 0.25) is 0 Å². The molecule has 1 aliphatic carbocycles. The number of thiophene rings is 1. The van der Waals surface area contributed by atoms with Gasteiger partial charge in [-0.1, -0.05) is 13.0 Å². The van der Waals surface area contributed by atoms with Crippen LogP contribution in [0.1, 0.15) is 37.1 Å². The minimum absolute atomic E-state index is 0.516. The minimum Gasteiger partial charge on any atom is -0.312 e. The number of rotatable bonds is 7. The third kappa shape index (κ3) is 3.54. The van der Waals surface area contributed by atoms with Crippen molar-refractivity contribution < 1.29 is 0 Å². The van der Waals surface area contributed by atoms with Gasteiger partial charge in [-0.3, -0.25) is 0 Å². The molecule has 1 N–H and O–H groups in total. The van der Waals surface area contributed by atoms with E-state index in [4.69, 9.17) is 0 Å². The summed E-state index contributed by atoms with van der Waals surface area (Å²) in [7, 11) is 4.34.